The standard InChI is InChI=1S/C16H17N5O5/c1-10-15(21(24)25)11(2)20(19-10)9-14(22)18-17-8-12-4-6-13(7-5-12)16(23)26-3/h4-8H,9H2,1-3H3,(H,18,22)/b17-8-. The normalized spacial score (nSPS) is 10.7. The molecule has 0 spiro atoms. The SMILES string of the molecule is COC(=O)c1ccc(/C=N\NC(=O)Cn2nc(C)c([N+](=O)[O-])c2C)cc1. The van der Waals surface area contributed by atoms with Gasteiger partial charge in [0.05, 0.1) is 23.8 Å². The fraction of sp³-hybridized carbons (Fsp3) is 0.250. The maximum absolute atomic E-state index is 11.9. The van der Waals surface area contributed by atoms with Crippen LogP contribution in [0.3, 0.4) is 0 Å². The van der Waals surface area contributed by atoms with Crippen LogP contribution in [-0.4, -0.2) is 39.9 Å². The van der Waals surface area contributed by atoms with Gasteiger partial charge >= 0.3 is 11.7 Å². The highest BCUT2D eigenvalue weighted by molar-refractivity contribution is 5.90. The predicted molar refractivity (Wildman–Crippen MR) is 91.9 cm³/mol. The van der Waals surface area contributed by atoms with Crippen molar-refractivity contribution in [2.24, 2.45) is 5.10 Å². The first-order valence-electron chi connectivity index (χ1n) is 7.52. The third-order valence-corrected chi connectivity index (χ3v) is 3.55. The van der Waals surface area contributed by atoms with Crippen molar-refractivity contribution >= 4 is 23.8 Å². The molecular formula is C16H17N5O5. The van der Waals surface area contributed by atoms with Crippen LogP contribution in [0.1, 0.15) is 27.3 Å². The van der Waals surface area contributed by atoms with Crippen LogP contribution < -0.4 is 5.43 Å². The van der Waals surface area contributed by atoms with E-state index in [0.29, 0.717) is 16.8 Å². The first kappa shape index (κ1) is 18.8. The van der Waals surface area contributed by atoms with Crippen LogP contribution in [0.15, 0.2) is 29.4 Å². The van der Waals surface area contributed by atoms with Gasteiger partial charge < -0.3 is 4.74 Å². The molecule has 2 aromatic rings. The van der Waals surface area contributed by atoms with E-state index in [2.05, 4.69) is 20.4 Å². The van der Waals surface area contributed by atoms with Gasteiger partial charge in [-0.1, -0.05) is 12.1 Å². The molecular weight excluding hydrogens is 342 g/mol. The topological polar surface area (TPSA) is 129 Å². The Labute approximate surface area is 148 Å². The van der Waals surface area contributed by atoms with E-state index in [1.807, 2.05) is 0 Å². The quantitative estimate of drug-likeness (QED) is 0.359. The van der Waals surface area contributed by atoms with Crippen molar-refractivity contribution in [3.8, 4) is 0 Å². The average Bonchev–Trinajstić information content (AvgIpc) is 2.88. The summed E-state index contributed by atoms with van der Waals surface area (Å²) in [6.07, 6.45) is 1.41. The predicted octanol–water partition coefficient (Wildman–Crippen LogP) is 1.35. The monoisotopic (exact) mass is 359 g/mol. The third-order valence-electron chi connectivity index (χ3n) is 3.55. The molecule has 0 saturated heterocycles. The number of hydrazone groups is 1. The van der Waals surface area contributed by atoms with Crippen LogP contribution in [0.5, 0.6) is 0 Å². The summed E-state index contributed by atoms with van der Waals surface area (Å²) < 4.78 is 5.85. The summed E-state index contributed by atoms with van der Waals surface area (Å²) in [7, 11) is 1.30. The van der Waals surface area contributed by atoms with E-state index in [-0.39, 0.29) is 17.9 Å². The fourth-order valence-corrected chi connectivity index (χ4v) is 2.28. The van der Waals surface area contributed by atoms with Crippen LogP contribution in [0.25, 0.3) is 0 Å². The Kier molecular flexibility index (Phi) is 5.78. The number of nitro groups is 1. The second-order valence-corrected chi connectivity index (χ2v) is 5.34. The van der Waals surface area contributed by atoms with E-state index in [9.17, 15) is 19.7 Å². The van der Waals surface area contributed by atoms with Gasteiger partial charge in [0.25, 0.3) is 5.91 Å². The van der Waals surface area contributed by atoms with Gasteiger partial charge in [0.1, 0.15) is 17.9 Å². The van der Waals surface area contributed by atoms with E-state index >= 15 is 0 Å². The molecule has 1 aromatic heterocycles. The number of amides is 1. The number of ether oxygens (including phenoxy) is 1. The van der Waals surface area contributed by atoms with Gasteiger partial charge in [-0.2, -0.15) is 10.2 Å². The molecule has 26 heavy (non-hydrogen) atoms. The van der Waals surface area contributed by atoms with Crippen molar-refractivity contribution < 1.29 is 19.2 Å². The highest BCUT2D eigenvalue weighted by Gasteiger charge is 2.22. The zero-order valence-corrected chi connectivity index (χ0v) is 14.4. The number of carbonyl (C=O) groups excluding carboxylic acids is 2. The van der Waals surface area contributed by atoms with Crippen LogP contribution in [0.4, 0.5) is 5.69 Å². The highest BCUT2D eigenvalue weighted by Crippen LogP contribution is 2.21. The molecule has 2 rings (SSSR count). The van der Waals surface area contributed by atoms with Crippen LogP contribution in [0.2, 0.25) is 0 Å². The maximum Gasteiger partial charge on any atom is 0.337 e. The molecule has 0 radical (unpaired) electrons. The second kappa shape index (κ2) is 8.01. The number of aryl methyl sites for hydroxylation is 1. The molecule has 0 atom stereocenters. The van der Waals surface area contributed by atoms with E-state index in [4.69, 9.17) is 0 Å². The molecule has 0 fully saturated rings. The Morgan fingerprint density at radius 3 is 2.54 bits per heavy atom. The number of benzene rings is 1. The van der Waals surface area contributed by atoms with Crippen molar-refractivity contribution in [1.82, 2.24) is 15.2 Å². The number of aromatic nitrogens is 2. The third kappa shape index (κ3) is 4.29. The molecule has 0 unspecified atom stereocenters. The molecule has 0 bridgehead atoms. The first-order valence-corrected chi connectivity index (χ1v) is 7.52. The lowest BCUT2D eigenvalue weighted by molar-refractivity contribution is -0.386. The largest absolute Gasteiger partial charge is 0.465 e. The molecule has 0 aliphatic heterocycles. The van der Waals surface area contributed by atoms with Gasteiger partial charge in [0.2, 0.25) is 0 Å². The molecule has 1 amide bonds. The van der Waals surface area contributed by atoms with E-state index < -0.39 is 16.8 Å². The molecule has 136 valence electrons. The van der Waals surface area contributed by atoms with E-state index in [1.165, 1.54) is 31.9 Å². The number of hydrogen-bond donors (Lipinski definition) is 1. The molecule has 0 saturated carbocycles. The molecule has 0 aliphatic rings. The van der Waals surface area contributed by atoms with Crippen molar-refractivity contribution in [3.63, 3.8) is 0 Å². The number of rotatable bonds is 6. The Morgan fingerprint density at radius 2 is 2.00 bits per heavy atom. The summed E-state index contributed by atoms with van der Waals surface area (Å²) in [5, 5.41) is 18.8. The number of carbonyl (C=O) groups is 2. The molecule has 0 aliphatic carbocycles. The van der Waals surface area contributed by atoms with Gasteiger partial charge in [-0.15, -0.1) is 0 Å². The van der Waals surface area contributed by atoms with Gasteiger partial charge in [0, 0.05) is 0 Å². The lowest BCUT2D eigenvalue weighted by atomic mass is 10.1. The van der Waals surface area contributed by atoms with E-state index in [0.717, 1.165) is 0 Å². The fourth-order valence-electron chi connectivity index (χ4n) is 2.28. The number of esters is 1. The zero-order valence-electron chi connectivity index (χ0n) is 14.4. The smallest absolute Gasteiger partial charge is 0.337 e. The summed E-state index contributed by atoms with van der Waals surface area (Å²) in [6.45, 7) is 2.84. The summed E-state index contributed by atoms with van der Waals surface area (Å²) >= 11 is 0. The summed E-state index contributed by atoms with van der Waals surface area (Å²) in [4.78, 5) is 33.7. The molecule has 10 heteroatoms. The van der Waals surface area contributed by atoms with Gasteiger partial charge in [0.15, 0.2) is 0 Å². The lowest BCUT2D eigenvalue weighted by Crippen LogP contribution is -2.24. The van der Waals surface area contributed by atoms with Crippen molar-refractivity contribution in [2.75, 3.05) is 7.11 Å². The van der Waals surface area contributed by atoms with Crippen molar-refractivity contribution in [3.05, 3.63) is 56.9 Å². The Bertz CT molecular complexity index is 870. The lowest BCUT2D eigenvalue weighted by Gasteiger charge is -2.02. The maximum atomic E-state index is 11.9. The minimum atomic E-state index is -0.526. The van der Waals surface area contributed by atoms with Gasteiger partial charge in [-0.05, 0) is 31.5 Å². The van der Waals surface area contributed by atoms with E-state index in [1.54, 1.807) is 24.3 Å². The highest BCUT2D eigenvalue weighted by atomic mass is 16.6. The summed E-state index contributed by atoms with van der Waals surface area (Å²) in [6, 6.07) is 6.44. The number of nitrogens with one attached hydrogen (secondary N) is 1. The Hall–Kier alpha value is -3.56. The van der Waals surface area contributed by atoms with Gasteiger partial charge in [-0.3, -0.25) is 19.6 Å². The zero-order chi connectivity index (χ0) is 19.3. The van der Waals surface area contributed by atoms with Crippen LogP contribution in [0, 0.1) is 24.0 Å². The second-order valence-electron chi connectivity index (χ2n) is 5.34. The summed E-state index contributed by atoms with van der Waals surface area (Å²) in [5.41, 5.74) is 3.83. The first-order chi connectivity index (χ1) is 12.3. The Balaban J connectivity index is 1.97. The van der Waals surface area contributed by atoms with Crippen molar-refractivity contribution in [2.45, 2.75) is 20.4 Å². The molecule has 1 N–H and O–H groups in total. The minimum Gasteiger partial charge on any atom is -0.465 e. The summed E-state index contributed by atoms with van der Waals surface area (Å²) in [5.74, 6) is -0.923. The van der Waals surface area contributed by atoms with Gasteiger partial charge in [-0.25, -0.2) is 10.2 Å². The minimum absolute atomic E-state index is 0.105. The number of methoxy groups -OCH3 is 1. The van der Waals surface area contributed by atoms with Crippen LogP contribution >= 0.6 is 0 Å². The molecule has 10 nitrogen and oxygen atoms in total. The molecule has 1 aromatic carbocycles. The average molecular weight is 359 g/mol. The number of hydrogen-bond acceptors (Lipinski definition) is 7. The van der Waals surface area contributed by atoms with Crippen molar-refractivity contribution in [1.29, 1.82) is 0 Å². The number of nitrogens with zero attached hydrogens (tertiary/aromatic N) is 4. The Morgan fingerprint density at radius 1 is 1.35 bits per heavy atom. The molecule has 1 heterocycles. The van der Waals surface area contributed by atoms with Crippen LogP contribution in [-0.2, 0) is 16.1 Å².